The summed E-state index contributed by atoms with van der Waals surface area (Å²) in [5.41, 5.74) is 1.48. The minimum atomic E-state index is -1.76. The SMILES string of the molecule is O=C(NCC1CCC(n2cc3ccc(N4CC[C@@H]5CNC[C@@H]5C4)cc3n2)CC1)c1cc(F)c(O)c(F)c1F. The van der Waals surface area contributed by atoms with E-state index < -0.39 is 34.7 Å². The smallest absolute Gasteiger partial charge is 0.254 e. The molecular weight excluding hydrogens is 495 g/mol. The van der Waals surface area contributed by atoms with Crippen LogP contribution in [0.4, 0.5) is 18.9 Å². The van der Waals surface area contributed by atoms with Gasteiger partial charge >= 0.3 is 0 Å². The van der Waals surface area contributed by atoms with Gasteiger partial charge in [0.2, 0.25) is 5.82 Å². The molecular formula is C28H32F3N5O2. The number of nitrogens with zero attached hydrogens (tertiary/aromatic N) is 3. The Bertz CT molecular complexity index is 1350. The van der Waals surface area contributed by atoms with Gasteiger partial charge in [-0.2, -0.15) is 9.49 Å². The number of carbonyl (C=O) groups excluding carboxylic acids is 1. The summed E-state index contributed by atoms with van der Waals surface area (Å²) >= 11 is 0. The van der Waals surface area contributed by atoms with Crippen LogP contribution in [-0.4, -0.2) is 53.5 Å². The highest BCUT2D eigenvalue weighted by molar-refractivity contribution is 5.94. The third-order valence-electron chi connectivity index (χ3n) is 8.70. The molecule has 7 nitrogen and oxygen atoms in total. The third kappa shape index (κ3) is 4.70. The molecule has 38 heavy (non-hydrogen) atoms. The number of nitrogens with one attached hydrogen (secondary N) is 2. The Morgan fingerprint density at radius 1 is 1.05 bits per heavy atom. The van der Waals surface area contributed by atoms with Crippen LogP contribution in [0.15, 0.2) is 30.5 Å². The van der Waals surface area contributed by atoms with Crippen LogP contribution in [0.3, 0.4) is 0 Å². The number of phenols is 1. The molecule has 1 aliphatic carbocycles. The summed E-state index contributed by atoms with van der Waals surface area (Å²) in [7, 11) is 0. The number of halogens is 3. The molecule has 2 aromatic carbocycles. The molecule has 0 unspecified atom stereocenters. The zero-order chi connectivity index (χ0) is 26.4. The fourth-order valence-electron chi connectivity index (χ4n) is 6.37. The van der Waals surface area contributed by atoms with Gasteiger partial charge in [-0.25, -0.2) is 8.78 Å². The first-order valence-corrected chi connectivity index (χ1v) is 13.5. The maximum atomic E-state index is 14.0. The molecule has 2 atom stereocenters. The second-order valence-corrected chi connectivity index (χ2v) is 11.0. The van der Waals surface area contributed by atoms with Crippen LogP contribution in [0.1, 0.15) is 48.5 Å². The Kier molecular flexibility index (Phi) is 6.67. The standard InChI is InChI=1S/C28H32F3N5O2/c29-23-10-22(25(30)26(31)27(23)37)28(38)33-11-16-1-4-20(5-2-16)36-15-18-3-6-21(9-24(18)34-36)35-8-7-17-12-32-13-19(17)14-35/h3,6,9-10,15-17,19-20,32,37H,1-2,4-5,7-8,11-14H2,(H,33,38)/t16?,17-,19-,20?/m1/s1. The van der Waals surface area contributed by atoms with Crippen LogP contribution in [0.2, 0.25) is 0 Å². The van der Waals surface area contributed by atoms with Crippen molar-refractivity contribution in [3.63, 3.8) is 0 Å². The molecule has 1 aromatic heterocycles. The molecule has 1 saturated carbocycles. The maximum Gasteiger partial charge on any atom is 0.254 e. The molecule has 3 aliphatic rings. The van der Waals surface area contributed by atoms with Crippen LogP contribution in [0, 0.1) is 35.2 Å². The number of aromatic nitrogens is 2. The second kappa shape index (κ2) is 10.1. The topological polar surface area (TPSA) is 82.4 Å². The summed E-state index contributed by atoms with van der Waals surface area (Å²) in [6.07, 6.45) is 6.80. The van der Waals surface area contributed by atoms with Crippen LogP contribution < -0.4 is 15.5 Å². The average molecular weight is 528 g/mol. The van der Waals surface area contributed by atoms with Gasteiger partial charge in [-0.15, -0.1) is 0 Å². The Balaban J connectivity index is 1.05. The summed E-state index contributed by atoms with van der Waals surface area (Å²) in [5.74, 6) is -5.31. The van der Waals surface area contributed by atoms with Gasteiger partial charge in [0, 0.05) is 36.9 Å². The summed E-state index contributed by atoms with van der Waals surface area (Å²) < 4.78 is 43.2. The fraction of sp³-hybridized carbons (Fsp3) is 0.500. The predicted octanol–water partition coefficient (Wildman–Crippen LogP) is 4.37. The number of amides is 1. The number of aromatic hydroxyl groups is 1. The summed E-state index contributed by atoms with van der Waals surface area (Å²) in [6.45, 7) is 4.71. The van der Waals surface area contributed by atoms with Crippen molar-refractivity contribution < 1.29 is 23.1 Å². The Morgan fingerprint density at radius 3 is 2.66 bits per heavy atom. The highest BCUT2D eigenvalue weighted by Crippen LogP contribution is 2.34. The summed E-state index contributed by atoms with van der Waals surface area (Å²) in [5, 5.41) is 21.3. The molecule has 3 fully saturated rings. The van der Waals surface area contributed by atoms with Gasteiger partial charge in [0.25, 0.3) is 5.91 Å². The van der Waals surface area contributed by atoms with Crippen LogP contribution in [0.25, 0.3) is 10.9 Å². The quantitative estimate of drug-likeness (QED) is 0.430. The Morgan fingerprint density at radius 2 is 1.84 bits per heavy atom. The maximum absolute atomic E-state index is 14.0. The lowest BCUT2D eigenvalue weighted by Gasteiger charge is -2.36. The Hall–Kier alpha value is -3.27. The number of benzene rings is 2. The van der Waals surface area contributed by atoms with E-state index in [4.69, 9.17) is 10.2 Å². The van der Waals surface area contributed by atoms with E-state index in [2.05, 4.69) is 44.6 Å². The molecule has 3 N–H and O–H groups in total. The van der Waals surface area contributed by atoms with Crippen molar-refractivity contribution in [1.29, 1.82) is 0 Å². The van der Waals surface area contributed by atoms with E-state index in [0.717, 1.165) is 74.6 Å². The number of phenolic OH excluding ortho intramolecular Hbond substituents is 1. The first-order chi connectivity index (χ1) is 18.4. The highest BCUT2D eigenvalue weighted by Gasteiger charge is 2.33. The normalized spacial score (nSPS) is 25.5. The van der Waals surface area contributed by atoms with Gasteiger partial charge in [0.15, 0.2) is 17.4 Å². The van der Waals surface area contributed by atoms with E-state index in [1.165, 1.54) is 12.1 Å². The van der Waals surface area contributed by atoms with Crippen LogP contribution >= 0.6 is 0 Å². The van der Waals surface area contributed by atoms with Gasteiger partial charge in [-0.05, 0) is 87.2 Å². The van der Waals surface area contributed by atoms with Gasteiger partial charge < -0.3 is 20.6 Å². The second-order valence-electron chi connectivity index (χ2n) is 11.0. The largest absolute Gasteiger partial charge is 0.503 e. The van der Waals surface area contributed by atoms with Gasteiger partial charge in [0.05, 0.1) is 17.1 Å². The molecule has 0 radical (unpaired) electrons. The minimum Gasteiger partial charge on any atom is -0.503 e. The predicted molar refractivity (Wildman–Crippen MR) is 138 cm³/mol. The lowest BCUT2D eigenvalue weighted by Crippen LogP contribution is -2.39. The molecule has 0 bridgehead atoms. The lowest BCUT2D eigenvalue weighted by atomic mass is 9.86. The van der Waals surface area contributed by atoms with Crippen molar-refractivity contribution in [2.45, 2.75) is 38.1 Å². The van der Waals surface area contributed by atoms with E-state index in [1.54, 1.807) is 0 Å². The third-order valence-corrected chi connectivity index (χ3v) is 8.70. The molecule has 3 aromatic rings. The zero-order valence-electron chi connectivity index (χ0n) is 21.1. The van der Waals surface area contributed by atoms with Crippen LogP contribution in [0.5, 0.6) is 5.75 Å². The van der Waals surface area contributed by atoms with Crippen molar-refractivity contribution in [2.75, 3.05) is 37.6 Å². The molecule has 10 heteroatoms. The Labute approximate surface area is 219 Å². The van der Waals surface area contributed by atoms with E-state index >= 15 is 0 Å². The molecule has 2 saturated heterocycles. The number of carbonyl (C=O) groups is 1. The van der Waals surface area contributed by atoms with E-state index in [1.807, 2.05) is 0 Å². The number of hydrogen-bond acceptors (Lipinski definition) is 5. The lowest BCUT2D eigenvalue weighted by molar-refractivity contribution is 0.0935. The van der Waals surface area contributed by atoms with E-state index in [0.29, 0.717) is 6.07 Å². The molecule has 0 spiro atoms. The molecule has 2 aliphatic heterocycles. The van der Waals surface area contributed by atoms with Crippen molar-refractivity contribution >= 4 is 22.5 Å². The molecule has 6 rings (SSSR count). The van der Waals surface area contributed by atoms with Gasteiger partial charge in [-0.3, -0.25) is 9.48 Å². The average Bonchev–Trinajstić information content (AvgIpc) is 3.59. The number of rotatable bonds is 5. The van der Waals surface area contributed by atoms with Crippen molar-refractivity contribution in [1.82, 2.24) is 20.4 Å². The van der Waals surface area contributed by atoms with Crippen molar-refractivity contribution in [3.8, 4) is 5.75 Å². The number of fused-ring (bicyclic) bond motifs is 2. The fourth-order valence-corrected chi connectivity index (χ4v) is 6.37. The zero-order valence-corrected chi connectivity index (χ0v) is 21.1. The van der Waals surface area contributed by atoms with E-state index in [-0.39, 0.29) is 18.5 Å². The molecule has 1 amide bonds. The molecule has 3 heterocycles. The first kappa shape index (κ1) is 25.0. The highest BCUT2D eigenvalue weighted by atomic mass is 19.2. The minimum absolute atomic E-state index is 0.176. The van der Waals surface area contributed by atoms with Crippen molar-refractivity contribution in [3.05, 3.63) is 53.5 Å². The van der Waals surface area contributed by atoms with E-state index in [9.17, 15) is 18.0 Å². The monoisotopic (exact) mass is 527 g/mol. The summed E-state index contributed by atoms with van der Waals surface area (Å²) in [4.78, 5) is 14.8. The molecule has 202 valence electrons. The summed E-state index contributed by atoms with van der Waals surface area (Å²) in [6, 6.07) is 7.33. The van der Waals surface area contributed by atoms with Gasteiger partial charge in [0.1, 0.15) is 0 Å². The first-order valence-electron chi connectivity index (χ1n) is 13.5. The van der Waals surface area contributed by atoms with Crippen LogP contribution in [-0.2, 0) is 0 Å². The number of hydrogen-bond donors (Lipinski definition) is 3. The number of piperidine rings is 1. The van der Waals surface area contributed by atoms with Crippen molar-refractivity contribution in [2.24, 2.45) is 17.8 Å². The number of anilines is 1. The van der Waals surface area contributed by atoms with Gasteiger partial charge in [-0.1, -0.05) is 0 Å².